The molecule has 0 aliphatic carbocycles. The third-order valence-electron chi connectivity index (χ3n) is 5.67. The molecule has 0 amide bonds. The second-order valence-electron chi connectivity index (χ2n) is 8.34. The van der Waals surface area contributed by atoms with Crippen molar-refractivity contribution >= 4 is 0 Å². The summed E-state index contributed by atoms with van der Waals surface area (Å²) in [6.07, 6.45) is 9.44. The summed E-state index contributed by atoms with van der Waals surface area (Å²) in [7, 11) is 0. The van der Waals surface area contributed by atoms with Crippen LogP contribution in [0, 0.1) is 0 Å². The molecule has 0 bridgehead atoms. The zero-order chi connectivity index (χ0) is 17.2. The van der Waals surface area contributed by atoms with Crippen molar-refractivity contribution in [3.05, 3.63) is 23.5 Å². The van der Waals surface area contributed by atoms with E-state index in [1.165, 1.54) is 37.8 Å². The van der Waals surface area contributed by atoms with Gasteiger partial charge in [0.2, 0.25) is 0 Å². The zero-order valence-corrected chi connectivity index (χ0v) is 15.8. The maximum Gasteiger partial charge on any atom is 0.0967 e. The zero-order valence-electron chi connectivity index (χ0n) is 15.8. The highest BCUT2D eigenvalue weighted by Crippen LogP contribution is 2.29. The summed E-state index contributed by atoms with van der Waals surface area (Å²) >= 11 is 0. The highest BCUT2D eigenvalue weighted by Gasteiger charge is 2.32. The molecule has 2 fully saturated rings. The average molecular weight is 332 g/mol. The summed E-state index contributed by atoms with van der Waals surface area (Å²) in [5.74, 6) is 0. The number of piperidine rings is 1. The summed E-state index contributed by atoms with van der Waals surface area (Å²) in [5.41, 5.74) is 2.83. The third-order valence-corrected chi connectivity index (χ3v) is 5.67. The first-order valence-corrected chi connectivity index (χ1v) is 9.45. The summed E-state index contributed by atoms with van der Waals surface area (Å²) in [6.45, 7) is 14.5. The van der Waals surface area contributed by atoms with Crippen LogP contribution in [-0.2, 0) is 6.54 Å². The van der Waals surface area contributed by atoms with E-state index in [0.717, 1.165) is 31.9 Å². The van der Waals surface area contributed by atoms with Crippen LogP contribution in [-0.4, -0.2) is 56.5 Å². The van der Waals surface area contributed by atoms with Gasteiger partial charge in [-0.3, -0.25) is 9.80 Å². The van der Waals surface area contributed by atoms with Gasteiger partial charge in [0.1, 0.15) is 0 Å². The number of hydrogen-bond donors (Lipinski definition) is 0. The molecule has 0 aromatic carbocycles. The third kappa shape index (κ3) is 4.25. The Morgan fingerprint density at radius 1 is 1.25 bits per heavy atom. The molecule has 2 saturated heterocycles. The van der Waals surface area contributed by atoms with Gasteiger partial charge < -0.3 is 0 Å². The van der Waals surface area contributed by atoms with E-state index in [0.29, 0.717) is 11.6 Å². The minimum absolute atomic E-state index is 0.306. The molecule has 0 spiro atoms. The van der Waals surface area contributed by atoms with Crippen molar-refractivity contribution in [2.24, 2.45) is 0 Å². The Morgan fingerprint density at radius 2 is 2.00 bits per heavy atom. The van der Waals surface area contributed by atoms with Gasteiger partial charge in [0, 0.05) is 31.7 Å². The Bertz CT molecular complexity index is 562. The van der Waals surface area contributed by atoms with Crippen molar-refractivity contribution in [3.8, 4) is 0 Å². The van der Waals surface area contributed by atoms with Crippen LogP contribution >= 0.6 is 0 Å². The Balaban J connectivity index is 1.52. The largest absolute Gasteiger partial charge is 0.300 e. The molecule has 0 radical (unpaired) electrons. The Kier molecular flexibility index (Phi) is 5.40. The first-order valence-electron chi connectivity index (χ1n) is 9.45. The van der Waals surface area contributed by atoms with Crippen molar-refractivity contribution in [2.45, 2.75) is 71.5 Å². The van der Waals surface area contributed by atoms with Crippen LogP contribution in [0.5, 0.6) is 0 Å². The average Bonchev–Trinajstić information content (AvgIpc) is 3.13. The van der Waals surface area contributed by atoms with Crippen molar-refractivity contribution < 1.29 is 0 Å². The second-order valence-corrected chi connectivity index (χ2v) is 8.34. The van der Waals surface area contributed by atoms with E-state index in [1.54, 1.807) is 0 Å². The maximum atomic E-state index is 4.45. The molecular formula is C19H33N5. The fourth-order valence-corrected chi connectivity index (χ4v) is 3.89. The number of aromatic nitrogens is 3. The quantitative estimate of drug-likeness (QED) is 0.776. The maximum absolute atomic E-state index is 4.45. The first-order chi connectivity index (χ1) is 11.4. The van der Waals surface area contributed by atoms with Gasteiger partial charge in [-0.25, -0.2) is 4.68 Å². The van der Waals surface area contributed by atoms with Gasteiger partial charge in [-0.1, -0.05) is 16.9 Å². The highest BCUT2D eigenvalue weighted by atomic mass is 15.4. The number of hydrogen-bond acceptors (Lipinski definition) is 4. The Labute approximate surface area is 146 Å². The van der Waals surface area contributed by atoms with Gasteiger partial charge in [0.15, 0.2) is 0 Å². The highest BCUT2D eigenvalue weighted by molar-refractivity contribution is 4.99. The minimum Gasteiger partial charge on any atom is -0.300 e. The van der Waals surface area contributed by atoms with E-state index in [9.17, 15) is 0 Å². The van der Waals surface area contributed by atoms with Crippen molar-refractivity contribution in [2.75, 3.05) is 26.2 Å². The lowest BCUT2D eigenvalue weighted by molar-refractivity contribution is 0.164. The number of likely N-dealkylation sites (tertiary alicyclic amines) is 2. The Hall–Kier alpha value is -1.20. The normalized spacial score (nSPS) is 22.8. The molecule has 5 heteroatoms. The number of rotatable bonds is 5. The van der Waals surface area contributed by atoms with E-state index >= 15 is 0 Å². The Morgan fingerprint density at radius 3 is 2.62 bits per heavy atom. The second kappa shape index (κ2) is 7.36. The fourth-order valence-electron chi connectivity index (χ4n) is 3.89. The molecule has 0 N–H and O–H groups in total. The molecule has 0 unspecified atom stereocenters. The van der Waals surface area contributed by atoms with Gasteiger partial charge in [-0.2, -0.15) is 0 Å². The molecule has 2 aliphatic heterocycles. The van der Waals surface area contributed by atoms with E-state index in [1.807, 2.05) is 0 Å². The van der Waals surface area contributed by atoms with Crippen molar-refractivity contribution in [3.63, 3.8) is 0 Å². The van der Waals surface area contributed by atoms with Gasteiger partial charge >= 0.3 is 0 Å². The molecule has 24 heavy (non-hydrogen) atoms. The van der Waals surface area contributed by atoms with Crippen LogP contribution < -0.4 is 0 Å². The molecule has 3 rings (SSSR count). The van der Waals surface area contributed by atoms with Crippen molar-refractivity contribution in [1.82, 2.24) is 24.8 Å². The van der Waals surface area contributed by atoms with E-state index in [2.05, 4.69) is 64.8 Å². The summed E-state index contributed by atoms with van der Waals surface area (Å²) in [5, 5.41) is 8.89. The molecule has 0 saturated carbocycles. The van der Waals surface area contributed by atoms with Crippen LogP contribution in [0.4, 0.5) is 0 Å². The van der Waals surface area contributed by atoms with E-state index < -0.39 is 0 Å². The summed E-state index contributed by atoms with van der Waals surface area (Å²) < 4.78 is 2.12. The minimum atomic E-state index is 0.306. The molecule has 1 aromatic heterocycles. The standard InChI is InChI=1S/C19H33N5/c1-16(2)6-11-22-12-7-18(8-13-22)24-15-17(20-21-24)14-23-10-5-9-19(23,3)4/h6,15,18H,5,7-14H2,1-4H3. The predicted octanol–water partition coefficient (Wildman–Crippen LogP) is 3.26. The monoisotopic (exact) mass is 331 g/mol. The van der Waals surface area contributed by atoms with Crippen molar-refractivity contribution in [1.29, 1.82) is 0 Å². The topological polar surface area (TPSA) is 37.2 Å². The van der Waals surface area contributed by atoms with E-state index in [-0.39, 0.29) is 0 Å². The van der Waals surface area contributed by atoms with Gasteiger partial charge in [0.25, 0.3) is 0 Å². The molecule has 134 valence electrons. The lowest BCUT2D eigenvalue weighted by Crippen LogP contribution is -2.37. The van der Waals surface area contributed by atoms with Crippen LogP contribution in [0.2, 0.25) is 0 Å². The van der Waals surface area contributed by atoms with Gasteiger partial charge in [0.05, 0.1) is 17.9 Å². The predicted molar refractivity (Wildman–Crippen MR) is 97.9 cm³/mol. The molecule has 3 heterocycles. The molecule has 2 aliphatic rings. The molecular weight excluding hydrogens is 298 g/mol. The molecule has 1 aromatic rings. The number of nitrogens with zero attached hydrogens (tertiary/aromatic N) is 5. The lowest BCUT2D eigenvalue weighted by atomic mass is 10.0. The lowest BCUT2D eigenvalue weighted by Gasteiger charge is -2.31. The summed E-state index contributed by atoms with van der Waals surface area (Å²) in [6, 6.07) is 0.515. The molecule has 0 atom stereocenters. The number of allylic oxidation sites excluding steroid dienone is 1. The van der Waals surface area contributed by atoms with Gasteiger partial charge in [-0.05, 0) is 59.9 Å². The first kappa shape index (κ1) is 17.6. The van der Waals surface area contributed by atoms with E-state index in [4.69, 9.17) is 0 Å². The van der Waals surface area contributed by atoms with Crippen LogP contribution in [0.25, 0.3) is 0 Å². The summed E-state index contributed by atoms with van der Waals surface area (Å²) in [4.78, 5) is 5.08. The molecule has 5 nitrogen and oxygen atoms in total. The fraction of sp³-hybridized carbons (Fsp3) is 0.789. The van der Waals surface area contributed by atoms with Crippen LogP contribution in [0.1, 0.15) is 65.1 Å². The van der Waals surface area contributed by atoms with Gasteiger partial charge in [-0.15, -0.1) is 5.10 Å². The van der Waals surface area contributed by atoms with Crippen LogP contribution in [0.15, 0.2) is 17.8 Å². The SMILES string of the molecule is CC(C)=CCN1CCC(n2cc(CN3CCCC3(C)C)nn2)CC1. The smallest absolute Gasteiger partial charge is 0.0967 e. The van der Waals surface area contributed by atoms with Crippen LogP contribution in [0.3, 0.4) is 0 Å².